The van der Waals surface area contributed by atoms with E-state index in [-0.39, 0.29) is 74.3 Å². The van der Waals surface area contributed by atoms with Gasteiger partial charge in [-0.2, -0.15) is 0 Å². The normalized spacial score (nSPS) is 11.5. The topological polar surface area (TPSA) is 80.9 Å². The molecule has 0 saturated carbocycles. The predicted octanol–water partition coefficient (Wildman–Crippen LogP) is 4.10. The average molecular weight is 444 g/mol. The van der Waals surface area contributed by atoms with Crippen molar-refractivity contribution in [1.29, 1.82) is 0 Å². The van der Waals surface area contributed by atoms with Gasteiger partial charge in [0.05, 0.1) is 0 Å². The van der Waals surface area contributed by atoms with Gasteiger partial charge in [-0.3, -0.25) is 0 Å². The molecular formula is C20H48O4Zr. The molecule has 0 aromatic heterocycles. The zero-order valence-electron chi connectivity index (χ0n) is 19.1. The Hall–Kier alpha value is 0.723. The Labute approximate surface area is 177 Å². The van der Waals surface area contributed by atoms with Gasteiger partial charge in [0.2, 0.25) is 0 Å². The fourth-order valence-electron chi connectivity index (χ4n) is 0. The van der Waals surface area contributed by atoms with Crippen LogP contribution in [-0.4, -0.2) is 46.9 Å². The number of aliphatic hydroxyl groups excluding tert-OH is 4. The second kappa shape index (κ2) is 16.9. The molecule has 0 aromatic carbocycles. The van der Waals surface area contributed by atoms with Gasteiger partial charge < -0.3 is 20.4 Å². The smallest absolute Gasteiger partial charge is 0.0479 e. The first-order valence-corrected chi connectivity index (χ1v) is 8.68. The third kappa shape index (κ3) is 78.9. The second-order valence-corrected chi connectivity index (χ2v) is 10.9. The fraction of sp³-hybridized carbons (Fsp3) is 1.00. The van der Waals surface area contributed by atoms with Gasteiger partial charge in [0.1, 0.15) is 0 Å². The molecule has 0 unspecified atom stereocenters. The van der Waals surface area contributed by atoms with Crippen molar-refractivity contribution < 1.29 is 46.6 Å². The Kier molecular flexibility index (Phi) is 24.7. The largest absolute Gasteiger partial charge is 0.396 e. The van der Waals surface area contributed by atoms with Crippen molar-refractivity contribution in [2.24, 2.45) is 21.7 Å². The minimum absolute atomic E-state index is 0. The number of hydrogen-bond donors (Lipinski definition) is 4. The molecule has 0 aliphatic rings. The summed E-state index contributed by atoms with van der Waals surface area (Å²) in [5.41, 5.74) is 0.389. The molecule has 0 spiro atoms. The van der Waals surface area contributed by atoms with Crippen molar-refractivity contribution >= 4 is 0 Å². The number of rotatable bonds is 0. The van der Waals surface area contributed by atoms with Crippen LogP contribution in [0.5, 0.6) is 0 Å². The average Bonchev–Trinajstić information content (AvgIpc) is 2.37. The first-order valence-electron chi connectivity index (χ1n) is 8.68. The molecule has 0 aliphatic heterocycles. The monoisotopic (exact) mass is 442 g/mol. The molecule has 0 aromatic rings. The van der Waals surface area contributed by atoms with E-state index in [2.05, 4.69) is 0 Å². The van der Waals surface area contributed by atoms with Gasteiger partial charge in [-0.1, -0.05) is 83.1 Å². The van der Waals surface area contributed by atoms with Crippen LogP contribution in [0.2, 0.25) is 0 Å². The van der Waals surface area contributed by atoms with E-state index in [9.17, 15) is 0 Å². The van der Waals surface area contributed by atoms with Crippen LogP contribution in [0.1, 0.15) is 83.1 Å². The Balaban J connectivity index is -0.0000000702. The third-order valence-electron chi connectivity index (χ3n) is 1.90. The van der Waals surface area contributed by atoms with Crippen LogP contribution < -0.4 is 0 Å². The summed E-state index contributed by atoms with van der Waals surface area (Å²) in [5, 5.41) is 33.6. The molecule has 0 bridgehead atoms. The van der Waals surface area contributed by atoms with E-state index in [0.29, 0.717) is 0 Å². The van der Waals surface area contributed by atoms with E-state index in [4.69, 9.17) is 20.4 Å². The van der Waals surface area contributed by atoms with Gasteiger partial charge in [0.15, 0.2) is 0 Å². The van der Waals surface area contributed by atoms with E-state index in [1.807, 2.05) is 83.1 Å². The molecule has 0 aliphatic carbocycles. The van der Waals surface area contributed by atoms with Gasteiger partial charge in [0, 0.05) is 52.6 Å². The van der Waals surface area contributed by atoms with Crippen LogP contribution in [0.3, 0.4) is 0 Å². The summed E-state index contributed by atoms with van der Waals surface area (Å²) in [5.74, 6) is 0. The summed E-state index contributed by atoms with van der Waals surface area (Å²) in [6.45, 7) is 25.0. The molecule has 4 N–H and O–H groups in total. The zero-order valence-corrected chi connectivity index (χ0v) is 21.6. The fourth-order valence-corrected chi connectivity index (χ4v) is 0. The van der Waals surface area contributed by atoms with Gasteiger partial charge in [0.25, 0.3) is 0 Å². The maximum Gasteiger partial charge on any atom is 0.0479 e. The first-order chi connectivity index (χ1) is 10.2. The van der Waals surface area contributed by atoms with Crippen LogP contribution in [0.25, 0.3) is 0 Å². The van der Waals surface area contributed by atoms with Gasteiger partial charge in [-0.05, 0) is 21.7 Å². The molecule has 0 saturated heterocycles. The molecular weight excluding hydrogens is 395 g/mol. The number of aliphatic hydroxyl groups is 4. The molecule has 156 valence electrons. The van der Waals surface area contributed by atoms with Crippen molar-refractivity contribution in [2.45, 2.75) is 83.1 Å². The van der Waals surface area contributed by atoms with Crippen molar-refractivity contribution in [3.63, 3.8) is 0 Å². The van der Waals surface area contributed by atoms with Gasteiger partial charge >= 0.3 is 0 Å². The summed E-state index contributed by atoms with van der Waals surface area (Å²) in [7, 11) is 0. The van der Waals surface area contributed by atoms with E-state index >= 15 is 0 Å². The molecule has 0 atom stereocenters. The third-order valence-corrected chi connectivity index (χ3v) is 1.90. The molecule has 25 heavy (non-hydrogen) atoms. The van der Waals surface area contributed by atoms with E-state index < -0.39 is 0 Å². The van der Waals surface area contributed by atoms with Crippen molar-refractivity contribution in [3.05, 3.63) is 0 Å². The van der Waals surface area contributed by atoms with Crippen molar-refractivity contribution in [2.75, 3.05) is 26.4 Å². The van der Waals surface area contributed by atoms with Crippen molar-refractivity contribution in [3.8, 4) is 0 Å². The Morgan fingerprint density at radius 2 is 0.400 bits per heavy atom. The van der Waals surface area contributed by atoms with E-state index in [1.54, 1.807) is 0 Å². The van der Waals surface area contributed by atoms with Crippen LogP contribution in [0.4, 0.5) is 0 Å². The minimum Gasteiger partial charge on any atom is -0.396 e. The van der Waals surface area contributed by atoms with Crippen LogP contribution in [-0.2, 0) is 26.2 Å². The van der Waals surface area contributed by atoms with Gasteiger partial charge in [-0.25, -0.2) is 0 Å². The summed E-state index contributed by atoms with van der Waals surface area (Å²) in [6.07, 6.45) is 0. The quantitative estimate of drug-likeness (QED) is 0.454. The minimum atomic E-state index is 0. The summed E-state index contributed by atoms with van der Waals surface area (Å²) in [4.78, 5) is 0. The first kappa shape index (κ1) is 36.6. The van der Waals surface area contributed by atoms with Crippen molar-refractivity contribution in [1.82, 2.24) is 0 Å². The summed E-state index contributed by atoms with van der Waals surface area (Å²) >= 11 is 0. The molecule has 4 nitrogen and oxygen atoms in total. The molecule has 0 rings (SSSR count). The molecule has 0 radical (unpaired) electrons. The van der Waals surface area contributed by atoms with Gasteiger partial charge in [-0.15, -0.1) is 0 Å². The molecule has 0 heterocycles. The van der Waals surface area contributed by atoms with Crippen LogP contribution >= 0.6 is 0 Å². The number of hydrogen-bond acceptors (Lipinski definition) is 4. The second-order valence-electron chi connectivity index (χ2n) is 10.9. The summed E-state index contributed by atoms with van der Waals surface area (Å²) < 4.78 is 0. The Morgan fingerprint density at radius 3 is 0.400 bits per heavy atom. The molecule has 0 fully saturated rings. The molecule has 0 amide bonds. The van der Waals surface area contributed by atoms with Crippen LogP contribution in [0, 0.1) is 21.7 Å². The predicted molar refractivity (Wildman–Crippen MR) is 106 cm³/mol. The zero-order chi connectivity index (χ0) is 20.8. The van der Waals surface area contributed by atoms with E-state index in [1.165, 1.54) is 0 Å². The Morgan fingerprint density at radius 1 is 0.360 bits per heavy atom. The van der Waals surface area contributed by atoms with Crippen LogP contribution in [0.15, 0.2) is 0 Å². The van der Waals surface area contributed by atoms with E-state index in [0.717, 1.165) is 0 Å². The SMILES string of the molecule is CC(C)(C)CO.CC(C)(C)CO.CC(C)(C)CO.CC(C)(C)CO.[Zr]. The maximum absolute atomic E-state index is 8.40. The standard InChI is InChI=1S/4C5H12O.Zr/c4*1-5(2,3)4-6;/h4*6H,4H2,1-3H3;. The Bertz CT molecular complexity index is 197. The maximum atomic E-state index is 8.40. The summed E-state index contributed by atoms with van der Waals surface area (Å²) in [6, 6.07) is 0. The molecule has 5 heteroatoms.